The molecule has 2 N–H and O–H groups in total. The minimum absolute atomic E-state index is 0.0623. The summed E-state index contributed by atoms with van der Waals surface area (Å²) in [4.78, 5) is 11.1. The smallest absolute Gasteiger partial charge is 0.221 e. The molecule has 7 heteroatoms. The second-order valence-electron chi connectivity index (χ2n) is 4.26. The Balaban J connectivity index is 2.74. The maximum absolute atomic E-state index is 11.3. The van der Waals surface area contributed by atoms with Crippen LogP contribution in [-0.2, 0) is 21.2 Å². The molecule has 0 heterocycles. The third-order valence-electron chi connectivity index (χ3n) is 2.69. The summed E-state index contributed by atoms with van der Waals surface area (Å²) in [6, 6.07) is 5.36. The van der Waals surface area contributed by atoms with Gasteiger partial charge < -0.3 is 10.1 Å². The summed E-state index contributed by atoms with van der Waals surface area (Å²) in [7, 11) is -1.65. The van der Waals surface area contributed by atoms with Gasteiger partial charge in [-0.15, -0.1) is 0 Å². The van der Waals surface area contributed by atoms with Crippen molar-refractivity contribution in [3.8, 4) is 5.75 Å². The molecule has 0 aliphatic carbocycles. The summed E-state index contributed by atoms with van der Waals surface area (Å²) < 4.78 is 30.3. The van der Waals surface area contributed by atoms with E-state index in [1.165, 1.54) is 14.0 Å². The highest BCUT2D eigenvalue weighted by molar-refractivity contribution is 7.89. The van der Waals surface area contributed by atoms with E-state index in [-0.39, 0.29) is 11.7 Å². The van der Waals surface area contributed by atoms with Gasteiger partial charge in [0.15, 0.2) is 0 Å². The van der Waals surface area contributed by atoms with Gasteiger partial charge >= 0.3 is 0 Å². The second-order valence-corrected chi connectivity index (χ2v) is 6.36. The monoisotopic (exact) mass is 300 g/mol. The van der Waals surface area contributed by atoms with Crippen molar-refractivity contribution < 1.29 is 17.9 Å². The molecule has 0 saturated heterocycles. The number of amides is 1. The highest BCUT2D eigenvalue weighted by Gasteiger charge is 2.08. The molecule has 0 bridgehead atoms. The number of benzene rings is 1. The van der Waals surface area contributed by atoms with Gasteiger partial charge in [-0.3, -0.25) is 4.79 Å². The topological polar surface area (TPSA) is 84.5 Å². The van der Waals surface area contributed by atoms with E-state index in [0.717, 1.165) is 5.56 Å². The SMILES string of the molecule is CCS(=O)(=O)NCCc1ccc(OC)c(NC(C)=O)c1. The average molecular weight is 300 g/mol. The molecule has 6 nitrogen and oxygen atoms in total. The predicted molar refractivity (Wildman–Crippen MR) is 78.5 cm³/mol. The van der Waals surface area contributed by atoms with Gasteiger partial charge in [0.25, 0.3) is 0 Å². The lowest BCUT2D eigenvalue weighted by atomic mass is 10.1. The first kappa shape index (κ1) is 16.5. The number of carbonyl (C=O) groups is 1. The molecule has 0 unspecified atom stereocenters. The quantitative estimate of drug-likeness (QED) is 0.790. The third kappa shape index (κ3) is 5.18. The minimum Gasteiger partial charge on any atom is -0.495 e. The highest BCUT2D eigenvalue weighted by Crippen LogP contribution is 2.25. The molecule has 0 fully saturated rings. The molecule has 0 aliphatic rings. The molecular formula is C13H20N2O4S. The normalized spacial score (nSPS) is 11.2. The van der Waals surface area contributed by atoms with Crippen molar-refractivity contribution in [1.82, 2.24) is 4.72 Å². The summed E-state index contributed by atoms with van der Waals surface area (Å²) in [5, 5.41) is 2.68. The Kier molecular flexibility index (Phi) is 5.97. The van der Waals surface area contributed by atoms with Crippen molar-refractivity contribution in [3.63, 3.8) is 0 Å². The molecule has 112 valence electrons. The van der Waals surface area contributed by atoms with Crippen LogP contribution in [0.25, 0.3) is 0 Å². The first-order valence-electron chi connectivity index (χ1n) is 6.29. The van der Waals surface area contributed by atoms with E-state index in [2.05, 4.69) is 10.0 Å². The Labute approximate surface area is 119 Å². The Hall–Kier alpha value is -1.60. The van der Waals surface area contributed by atoms with Crippen molar-refractivity contribution in [3.05, 3.63) is 23.8 Å². The van der Waals surface area contributed by atoms with E-state index in [4.69, 9.17) is 4.74 Å². The number of nitrogens with one attached hydrogen (secondary N) is 2. The lowest BCUT2D eigenvalue weighted by Crippen LogP contribution is -2.27. The van der Waals surface area contributed by atoms with Gasteiger partial charge in [-0.1, -0.05) is 6.07 Å². The van der Waals surface area contributed by atoms with E-state index >= 15 is 0 Å². The lowest BCUT2D eigenvalue weighted by molar-refractivity contribution is -0.114. The number of sulfonamides is 1. The molecule has 0 atom stereocenters. The van der Waals surface area contributed by atoms with Crippen LogP contribution in [0.2, 0.25) is 0 Å². The summed E-state index contributed by atoms with van der Waals surface area (Å²) in [5.74, 6) is 0.442. The molecule has 1 rings (SSSR count). The number of ether oxygens (including phenoxy) is 1. The maximum Gasteiger partial charge on any atom is 0.221 e. The van der Waals surface area contributed by atoms with Gasteiger partial charge in [-0.05, 0) is 31.0 Å². The van der Waals surface area contributed by atoms with Crippen LogP contribution in [0, 0.1) is 0 Å². The van der Waals surface area contributed by atoms with Crippen LogP contribution >= 0.6 is 0 Å². The average Bonchev–Trinajstić information content (AvgIpc) is 2.38. The lowest BCUT2D eigenvalue weighted by Gasteiger charge is -2.11. The number of carbonyl (C=O) groups excluding carboxylic acids is 1. The highest BCUT2D eigenvalue weighted by atomic mass is 32.2. The van der Waals surface area contributed by atoms with Crippen molar-refractivity contribution in [2.45, 2.75) is 20.3 Å². The van der Waals surface area contributed by atoms with Crippen LogP contribution in [0.5, 0.6) is 5.75 Å². The zero-order valence-electron chi connectivity index (χ0n) is 11.9. The van der Waals surface area contributed by atoms with Gasteiger partial charge in [0.05, 0.1) is 18.6 Å². The van der Waals surface area contributed by atoms with E-state index in [9.17, 15) is 13.2 Å². The van der Waals surface area contributed by atoms with Crippen molar-refractivity contribution in [2.75, 3.05) is 24.7 Å². The van der Waals surface area contributed by atoms with Crippen LogP contribution in [0.4, 0.5) is 5.69 Å². The van der Waals surface area contributed by atoms with Crippen molar-refractivity contribution in [2.24, 2.45) is 0 Å². The van der Waals surface area contributed by atoms with Gasteiger partial charge in [-0.25, -0.2) is 13.1 Å². The summed E-state index contributed by atoms with van der Waals surface area (Å²) in [6.07, 6.45) is 0.538. The van der Waals surface area contributed by atoms with Gasteiger partial charge in [0.2, 0.25) is 15.9 Å². The van der Waals surface area contributed by atoms with Gasteiger partial charge in [0.1, 0.15) is 5.75 Å². The van der Waals surface area contributed by atoms with Crippen molar-refractivity contribution in [1.29, 1.82) is 0 Å². The van der Waals surface area contributed by atoms with E-state index in [1.54, 1.807) is 19.1 Å². The zero-order chi connectivity index (χ0) is 15.2. The Morgan fingerprint density at radius 2 is 2.05 bits per heavy atom. The summed E-state index contributed by atoms with van der Waals surface area (Å²) >= 11 is 0. The van der Waals surface area contributed by atoms with E-state index < -0.39 is 10.0 Å². The van der Waals surface area contributed by atoms with Crippen LogP contribution in [0.1, 0.15) is 19.4 Å². The number of methoxy groups -OCH3 is 1. The fourth-order valence-electron chi connectivity index (χ4n) is 1.65. The molecule has 0 aromatic heterocycles. The number of rotatable bonds is 7. The van der Waals surface area contributed by atoms with E-state index in [0.29, 0.717) is 24.4 Å². The number of anilines is 1. The van der Waals surface area contributed by atoms with Crippen molar-refractivity contribution >= 4 is 21.6 Å². The van der Waals surface area contributed by atoms with Crippen LogP contribution < -0.4 is 14.8 Å². The molecule has 0 radical (unpaired) electrons. The fraction of sp³-hybridized carbons (Fsp3) is 0.462. The third-order valence-corrected chi connectivity index (χ3v) is 4.09. The molecule has 1 amide bonds. The minimum atomic E-state index is -3.18. The molecule has 20 heavy (non-hydrogen) atoms. The summed E-state index contributed by atoms with van der Waals surface area (Å²) in [5.41, 5.74) is 1.49. The summed E-state index contributed by atoms with van der Waals surface area (Å²) in [6.45, 7) is 3.33. The molecule has 1 aromatic carbocycles. The fourth-order valence-corrected chi connectivity index (χ4v) is 2.27. The molecular weight excluding hydrogens is 280 g/mol. The standard InChI is InChI=1S/C13H20N2O4S/c1-4-20(17,18)14-8-7-11-5-6-13(19-3)12(9-11)15-10(2)16/h5-6,9,14H,4,7-8H2,1-3H3,(H,15,16). The second kappa shape index (κ2) is 7.25. The Morgan fingerprint density at radius 1 is 1.35 bits per heavy atom. The maximum atomic E-state index is 11.3. The van der Waals surface area contributed by atoms with Crippen LogP contribution in [-0.4, -0.2) is 33.7 Å². The first-order valence-corrected chi connectivity index (χ1v) is 7.95. The molecule has 0 aliphatic heterocycles. The Bertz CT molecular complexity index is 570. The predicted octanol–water partition coefficient (Wildman–Crippen LogP) is 1.14. The number of hydrogen-bond donors (Lipinski definition) is 2. The number of hydrogen-bond acceptors (Lipinski definition) is 4. The van der Waals surface area contributed by atoms with E-state index in [1.807, 2.05) is 6.07 Å². The first-order chi connectivity index (χ1) is 9.38. The molecule has 0 saturated carbocycles. The molecule has 0 spiro atoms. The zero-order valence-corrected chi connectivity index (χ0v) is 12.7. The van der Waals surface area contributed by atoms with Gasteiger partial charge in [-0.2, -0.15) is 0 Å². The molecule has 1 aromatic rings. The Morgan fingerprint density at radius 3 is 2.60 bits per heavy atom. The van der Waals surface area contributed by atoms with Gasteiger partial charge in [0, 0.05) is 13.5 Å². The van der Waals surface area contributed by atoms with Crippen LogP contribution in [0.3, 0.4) is 0 Å². The van der Waals surface area contributed by atoms with Crippen LogP contribution in [0.15, 0.2) is 18.2 Å². The largest absolute Gasteiger partial charge is 0.495 e.